The Balaban J connectivity index is 2.28. The number of hydrogen-bond acceptors (Lipinski definition) is 5. The van der Waals surface area contributed by atoms with Gasteiger partial charge in [-0.3, -0.25) is 4.79 Å². The zero-order valence-corrected chi connectivity index (χ0v) is 14.5. The Kier molecular flexibility index (Phi) is 4.53. The third-order valence-electron chi connectivity index (χ3n) is 3.66. The highest BCUT2D eigenvalue weighted by molar-refractivity contribution is 5.95. The number of methoxy groups -OCH3 is 2. The number of para-hydroxylation sites is 1. The van der Waals surface area contributed by atoms with Crippen LogP contribution in [0.2, 0.25) is 0 Å². The summed E-state index contributed by atoms with van der Waals surface area (Å²) >= 11 is 0. The normalized spacial score (nSPS) is 10.6. The molecule has 0 spiro atoms. The second-order valence-electron chi connectivity index (χ2n) is 5.77. The molecule has 0 saturated carbocycles. The molecule has 0 saturated heterocycles. The van der Waals surface area contributed by atoms with E-state index in [2.05, 4.69) is 12.0 Å². The van der Waals surface area contributed by atoms with Crippen LogP contribution in [0.4, 0.5) is 0 Å². The summed E-state index contributed by atoms with van der Waals surface area (Å²) in [7, 11) is 3.02. The van der Waals surface area contributed by atoms with E-state index in [1.54, 1.807) is 30.3 Å². The monoisotopic (exact) mass is 338 g/mol. The minimum atomic E-state index is -0.188. The quantitative estimate of drug-likeness (QED) is 0.534. The smallest absolute Gasteiger partial charge is 0.204 e. The Labute approximate surface area is 145 Å². The molecule has 0 aliphatic carbocycles. The molecule has 25 heavy (non-hydrogen) atoms. The molecule has 5 nitrogen and oxygen atoms in total. The molecule has 1 heterocycles. The van der Waals surface area contributed by atoms with Gasteiger partial charge in [-0.1, -0.05) is 25.8 Å². The third-order valence-corrected chi connectivity index (χ3v) is 3.66. The lowest BCUT2D eigenvalue weighted by molar-refractivity contribution is 0.409. The van der Waals surface area contributed by atoms with Crippen LogP contribution in [0.25, 0.3) is 21.9 Å². The van der Waals surface area contributed by atoms with E-state index in [1.807, 2.05) is 13.8 Å². The molecule has 0 N–H and O–H groups in total. The SMILES string of the molecule is COc1cccc2c(=O)c3c(OC)cc(OC#CC(C)C)cc3oc12. The molecule has 5 heteroatoms. The third kappa shape index (κ3) is 3.11. The van der Waals surface area contributed by atoms with E-state index >= 15 is 0 Å². The van der Waals surface area contributed by atoms with Gasteiger partial charge < -0.3 is 18.6 Å². The van der Waals surface area contributed by atoms with Gasteiger partial charge in [0.2, 0.25) is 5.43 Å². The first-order valence-electron chi connectivity index (χ1n) is 7.84. The van der Waals surface area contributed by atoms with Crippen molar-refractivity contribution in [1.29, 1.82) is 0 Å². The van der Waals surface area contributed by atoms with Crippen LogP contribution in [0.3, 0.4) is 0 Å². The van der Waals surface area contributed by atoms with Crippen LogP contribution < -0.4 is 19.6 Å². The van der Waals surface area contributed by atoms with E-state index in [-0.39, 0.29) is 11.3 Å². The van der Waals surface area contributed by atoms with Gasteiger partial charge in [-0.2, -0.15) is 0 Å². The van der Waals surface area contributed by atoms with Crippen molar-refractivity contribution >= 4 is 21.9 Å². The van der Waals surface area contributed by atoms with Crippen molar-refractivity contribution in [3.8, 4) is 29.3 Å². The lowest BCUT2D eigenvalue weighted by Crippen LogP contribution is -2.05. The largest absolute Gasteiger partial charge is 0.496 e. The molecule has 128 valence electrons. The molecular formula is C20H18O5. The summed E-state index contributed by atoms with van der Waals surface area (Å²) in [6.07, 6.45) is 2.64. The first-order valence-corrected chi connectivity index (χ1v) is 7.84. The Hall–Kier alpha value is -3.13. The minimum absolute atomic E-state index is 0.188. The topological polar surface area (TPSA) is 57.9 Å². The summed E-state index contributed by atoms with van der Waals surface area (Å²) in [5.74, 6) is 4.40. The Bertz CT molecular complexity index is 1050. The second kappa shape index (κ2) is 6.78. The molecule has 3 rings (SSSR count). The van der Waals surface area contributed by atoms with Crippen molar-refractivity contribution in [1.82, 2.24) is 0 Å². The summed E-state index contributed by atoms with van der Waals surface area (Å²) in [6.45, 7) is 3.93. The van der Waals surface area contributed by atoms with Crippen LogP contribution in [-0.2, 0) is 0 Å². The van der Waals surface area contributed by atoms with Gasteiger partial charge in [0.1, 0.15) is 28.6 Å². The average molecular weight is 338 g/mol. The van der Waals surface area contributed by atoms with E-state index in [0.29, 0.717) is 39.2 Å². The van der Waals surface area contributed by atoms with E-state index in [0.717, 1.165) is 0 Å². The van der Waals surface area contributed by atoms with Crippen molar-refractivity contribution in [2.75, 3.05) is 14.2 Å². The molecule has 0 aliphatic rings. The van der Waals surface area contributed by atoms with E-state index in [1.165, 1.54) is 14.2 Å². The molecule has 0 amide bonds. The Morgan fingerprint density at radius 3 is 2.52 bits per heavy atom. The molecule has 0 fully saturated rings. The second-order valence-corrected chi connectivity index (χ2v) is 5.77. The van der Waals surface area contributed by atoms with Gasteiger partial charge in [0.15, 0.2) is 11.3 Å². The summed E-state index contributed by atoms with van der Waals surface area (Å²) in [6, 6.07) is 8.43. The van der Waals surface area contributed by atoms with Gasteiger partial charge >= 0.3 is 0 Å². The number of ether oxygens (including phenoxy) is 3. The van der Waals surface area contributed by atoms with Crippen LogP contribution >= 0.6 is 0 Å². The molecular weight excluding hydrogens is 320 g/mol. The maximum atomic E-state index is 12.9. The highest BCUT2D eigenvalue weighted by Gasteiger charge is 2.16. The molecule has 0 bridgehead atoms. The van der Waals surface area contributed by atoms with Crippen molar-refractivity contribution < 1.29 is 18.6 Å². The lowest BCUT2D eigenvalue weighted by atomic mass is 10.1. The molecule has 3 aromatic rings. The van der Waals surface area contributed by atoms with Crippen LogP contribution in [0.1, 0.15) is 13.8 Å². The highest BCUT2D eigenvalue weighted by atomic mass is 16.5. The summed E-state index contributed by atoms with van der Waals surface area (Å²) in [5, 5.41) is 0.783. The number of fused-ring (bicyclic) bond motifs is 2. The van der Waals surface area contributed by atoms with Gasteiger partial charge in [0.25, 0.3) is 0 Å². The predicted molar refractivity (Wildman–Crippen MR) is 96.3 cm³/mol. The molecule has 1 aromatic heterocycles. The predicted octanol–water partition coefficient (Wildman–Crippen LogP) is 3.96. The van der Waals surface area contributed by atoms with Crippen molar-refractivity contribution in [2.24, 2.45) is 5.92 Å². The van der Waals surface area contributed by atoms with Crippen LogP contribution in [0, 0.1) is 17.9 Å². The number of rotatable bonds is 3. The standard InChI is InChI=1S/C20H18O5/c1-12(2)8-9-24-13-10-16(23-4)18-17(11-13)25-20-14(19(18)21)6-5-7-15(20)22-3/h5-7,10-12H,1-4H3. The van der Waals surface area contributed by atoms with E-state index < -0.39 is 0 Å². The van der Waals surface area contributed by atoms with Gasteiger partial charge in [0, 0.05) is 18.1 Å². The molecule has 0 unspecified atom stereocenters. The first kappa shape index (κ1) is 16.7. The average Bonchev–Trinajstić information content (AvgIpc) is 2.60. The van der Waals surface area contributed by atoms with E-state index in [4.69, 9.17) is 18.6 Å². The Morgan fingerprint density at radius 2 is 1.84 bits per heavy atom. The van der Waals surface area contributed by atoms with Gasteiger partial charge in [-0.15, -0.1) is 0 Å². The number of benzene rings is 2. The summed E-state index contributed by atoms with van der Waals surface area (Å²) in [5.41, 5.74) is 0.546. The maximum absolute atomic E-state index is 12.9. The van der Waals surface area contributed by atoms with Crippen molar-refractivity contribution in [3.05, 3.63) is 40.6 Å². The molecule has 0 aliphatic heterocycles. The Morgan fingerprint density at radius 1 is 1.08 bits per heavy atom. The lowest BCUT2D eigenvalue weighted by Gasteiger charge is -2.09. The fraction of sp³-hybridized carbons (Fsp3) is 0.250. The highest BCUT2D eigenvalue weighted by Crippen LogP contribution is 2.33. The van der Waals surface area contributed by atoms with Crippen LogP contribution in [0.5, 0.6) is 17.2 Å². The van der Waals surface area contributed by atoms with Crippen molar-refractivity contribution in [2.45, 2.75) is 13.8 Å². The van der Waals surface area contributed by atoms with E-state index in [9.17, 15) is 4.79 Å². The van der Waals surface area contributed by atoms with Crippen LogP contribution in [0.15, 0.2) is 39.5 Å². The molecule has 0 radical (unpaired) electrons. The van der Waals surface area contributed by atoms with Gasteiger partial charge in [0.05, 0.1) is 19.6 Å². The summed E-state index contributed by atoms with van der Waals surface area (Å²) in [4.78, 5) is 12.9. The maximum Gasteiger partial charge on any atom is 0.204 e. The zero-order valence-electron chi connectivity index (χ0n) is 14.5. The molecule has 0 atom stereocenters. The summed E-state index contributed by atoms with van der Waals surface area (Å²) < 4.78 is 22.0. The van der Waals surface area contributed by atoms with Crippen molar-refractivity contribution in [3.63, 3.8) is 0 Å². The molecule has 2 aromatic carbocycles. The number of hydrogen-bond donors (Lipinski definition) is 0. The van der Waals surface area contributed by atoms with Crippen LogP contribution in [-0.4, -0.2) is 14.2 Å². The first-order chi connectivity index (χ1) is 12.0. The zero-order chi connectivity index (χ0) is 18.0. The fourth-order valence-electron chi connectivity index (χ4n) is 2.50. The fourth-order valence-corrected chi connectivity index (χ4v) is 2.50. The minimum Gasteiger partial charge on any atom is -0.496 e. The van der Waals surface area contributed by atoms with Gasteiger partial charge in [-0.25, -0.2) is 0 Å². The van der Waals surface area contributed by atoms with Gasteiger partial charge in [-0.05, 0) is 12.1 Å².